The van der Waals surface area contributed by atoms with Crippen molar-refractivity contribution in [1.29, 1.82) is 0 Å². The Morgan fingerprint density at radius 3 is 2.86 bits per heavy atom. The molecule has 14 heavy (non-hydrogen) atoms. The normalized spacial score (nSPS) is 13.1. The Bertz CT molecular complexity index is 473. The van der Waals surface area contributed by atoms with Crippen molar-refractivity contribution >= 4 is 44.7 Å². The average molecular weight is 317 g/mol. The van der Waals surface area contributed by atoms with E-state index in [9.17, 15) is 4.55 Å². The molecule has 0 amide bonds. The minimum atomic E-state index is -0.934. The maximum atomic E-state index is 11.3. The second kappa shape index (κ2) is 4.04. The quantitative estimate of drug-likeness (QED) is 0.599. The lowest BCUT2D eigenvalue weighted by Crippen LogP contribution is -1.97. The summed E-state index contributed by atoms with van der Waals surface area (Å²) in [7, 11) is 0. The Hall–Kier alpha value is -0.330. The summed E-state index contributed by atoms with van der Waals surface area (Å²) in [6.07, 6.45) is 3.45. The van der Waals surface area contributed by atoms with Crippen LogP contribution in [0.25, 0.3) is 10.9 Å². The van der Waals surface area contributed by atoms with Crippen molar-refractivity contribution in [2.45, 2.75) is 4.90 Å². The molecule has 0 bridgehead atoms. The summed E-state index contributed by atoms with van der Waals surface area (Å²) in [6.45, 7) is 0. The number of rotatable bonds is 1. The van der Waals surface area contributed by atoms with Gasteiger partial charge in [-0.1, -0.05) is 0 Å². The van der Waals surface area contributed by atoms with E-state index < -0.39 is 11.2 Å². The van der Waals surface area contributed by atoms with Gasteiger partial charge in [0.05, 0.1) is 5.52 Å². The fourth-order valence-corrected chi connectivity index (χ4v) is 2.43. The summed E-state index contributed by atoms with van der Waals surface area (Å²) < 4.78 is 12.4. The van der Waals surface area contributed by atoms with Crippen molar-refractivity contribution in [3.8, 4) is 0 Å². The molecule has 1 unspecified atom stereocenters. The molecule has 72 valence electrons. The molecular formula is C10H8INOS. The summed E-state index contributed by atoms with van der Waals surface area (Å²) in [4.78, 5) is 5.07. The first-order chi connectivity index (χ1) is 6.68. The van der Waals surface area contributed by atoms with Gasteiger partial charge in [-0.15, -0.1) is 0 Å². The first-order valence-corrected chi connectivity index (χ1v) is 6.70. The Balaban J connectivity index is 2.67. The van der Waals surface area contributed by atoms with E-state index in [1.165, 1.54) is 3.57 Å². The predicted octanol–water partition coefficient (Wildman–Crippen LogP) is 2.58. The molecule has 0 radical (unpaired) electrons. The zero-order valence-corrected chi connectivity index (χ0v) is 10.5. The molecule has 0 saturated carbocycles. The van der Waals surface area contributed by atoms with E-state index in [0.29, 0.717) is 0 Å². The molecule has 2 nitrogen and oxygen atoms in total. The van der Waals surface area contributed by atoms with Crippen molar-refractivity contribution in [1.82, 2.24) is 4.98 Å². The van der Waals surface area contributed by atoms with Crippen LogP contribution in [0.4, 0.5) is 0 Å². The molecule has 0 fully saturated rings. The maximum absolute atomic E-state index is 11.3. The van der Waals surface area contributed by atoms with Crippen molar-refractivity contribution < 1.29 is 4.55 Å². The molecule has 4 heteroatoms. The van der Waals surface area contributed by atoms with Gasteiger partial charge in [-0.3, -0.25) is 4.98 Å². The second-order valence-electron chi connectivity index (χ2n) is 2.93. The van der Waals surface area contributed by atoms with E-state index in [0.717, 1.165) is 15.8 Å². The van der Waals surface area contributed by atoms with E-state index in [1.807, 2.05) is 24.3 Å². The first kappa shape index (κ1) is 10.2. The summed E-state index contributed by atoms with van der Waals surface area (Å²) >= 11 is 1.34. The average Bonchev–Trinajstić information content (AvgIpc) is 2.17. The highest BCUT2D eigenvalue weighted by Crippen LogP contribution is 2.21. The van der Waals surface area contributed by atoms with Crippen LogP contribution in [0.5, 0.6) is 0 Å². The summed E-state index contributed by atoms with van der Waals surface area (Å²) in [5.41, 5.74) is 0.907. The number of nitrogens with zero attached hydrogens (tertiary/aromatic N) is 1. The number of fused-ring (bicyclic) bond motifs is 1. The van der Waals surface area contributed by atoms with Gasteiger partial charge in [0.25, 0.3) is 0 Å². The van der Waals surface area contributed by atoms with Gasteiger partial charge in [-0.05, 0) is 52.0 Å². The molecule has 1 atom stereocenters. The molecule has 1 aromatic heterocycles. The standard InChI is InChI=1S/C10H8INOS/c1-14(13)7-2-3-8-9(11)4-5-12-10(8)6-7/h2-6H,1H3. The van der Waals surface area contributed by atoms with E-state index in [-0.39, 0.29) is 0 Å². The number of hydrogen-bond donors (Lipinski definition) is 0. The summed E-state index contributed by atoms with van der Waals surface area (Å²) in [5, 5.41) is 1.11. The third kappa shape index (κ3) is 1.87. The Morgan fingerprint density at radius 2 is 2.14 bits per heavy atom. The van der Waals surface area contributed by atoms with Gasteiger partial charge in [-0.2, -0.15) is 0 Å². The van der Waals surface area contributed by atoms with Crippen LogP contribution >= 0.6 is 22.6 Å². The van der Waals surface area contributed by atoms with E-state index in [4.69, 9.17) is 0 Å². The zero-order valence-electron chi connectivity index (χ0n) is 7.53. The van der Waals surface area contributed by atoms with E-state index >= 15 is 0 Å². The van der Waals surface area contributed by atoms with Crippen LogP contribution in [0.15, 0.2) is 35.4 Å². The molecule has 2 rings (SSSR count). The van der Waals surface area contributed by atoms with Crippen LogP contribution in [-0.4, -0.2) is 15.8 Å². The molecule has 0 N–H and O–H groups in total. The molecule has 2 aromatic rings. The number of aromatic nitrogens is 1. The third-order valence-corrected chi connectivity index (χ3v) is 3.85. The fourth-order valence-electron chi connectivity index (χ4n) is 1.27. The van der Waals surface area contributed by atoms with Crippen molar-refractivity contribution in [2.75, 3.05) is 6.26 Å². The Morgan fingerprint density at radius 1 is 1.36 bits per heavy atom. The van der Waals surface area contributed by atoms with Crippen LogP contribution in [0, 0.1) is 3.57 Å². The third-order valence-electron chi connectivity index (χ3n) is 1.99. The highest BCUT2D eigenvalue weighted by Gasteiger charge is 2.06. The molecule has 0 aliphatic heterocycles. The van der Waals surface area contributed by atoms with Crippen LogP contribution in [-0.2, 0) is 11.2 Å². The first-order valence-electron chi connectivity index (χ1n) is 4.06. The molecule has 0 aliphatic rings. The molecular weight excluding hydrogens is 309 g/mol. The summed E-state index contributed by atoms with van der Waals surface area (Å²) in [6, 6.07) is 7.71. The topological polar surface area (TPSA) is 36.0 Å². The molecule has 0 aliphatic carbocycles. The second-order valence-corrected chi connectivity index (χ2v) is 5.47. The lowest BCUT2D eigenvalue weighted by molar-refractivity contribution is 0.601. The zero-order chi connectivity index (χ0) is 10.1. The van der Waals surface area contributed by atoms with Gasteiger partial charge in [0.15, 0.2) is 4.90 Å². The lowest BCUT2D eigenvalue weighted by atomic mass is 10.2. The minimum Gasteiger partial charge on any atom is -0.612 e. The monoisotopic (exact) mass is 317 g/mol. The van der Waals surface area contributed by atoms with Crippen LogP contribution in [0.1, 0.15) is 0 Å². The smallest absolute Gasteiger partial charge is 0.154 e. The number of pyridine rings is 1. The molecule has 1 aromatic carbocycles. The van der Waals surface area contributed by atoms with E-state index in [1.54, 1.807) is 12.5 Å². The highest BCUT2D eigenvalue weighted by atomic mass is 127. The number of benzene rings is 1. The highest BCUT2D eigenvalue weighted by molar-refractivity contribution is 14.1. The van der Waals surface area contributed by atoms with Crippen LogP contribution in [0.2, 0.25) is 0 Å². The van der Waals surface area contributed by atoms with Crippen molar-refractivity contribution in [3.63, 3.8) is 0 Å². The summed E-state index contributed by atoms with van der Waals surface area (Å²) in [5.74, 6) is 0. The van der Waals surface area contributed by atoms with Gasteiger partial charge in [-0.25, -0.2) is 0 Å². The Labute approximate surface area is 99.1 Å². The van der Waals surface area contributed by atoms with Crippen LogP contribution in [0.3, 0.4) is 0 Å². The van der Waals surface area contributed by atoms with Gasteiger partial charge in [0.2, 0.25) is 0 Å². The molecule has 0 saturated heterocycles. The van der Waals surface area contributed by atoms with Crippen LogP contribution < -0.4 is 0 Å². The molecule has 1 heterocycles. The predicted molar refractivity (Wildman–Crippen MR) is 66.8 cm³/mol. The van der Waals surface area contributed by atoms with Gasteiger partial charge in [0.1, 0.15) is 6.26 Å². The molecule has 0 spiro atoms. The lowest BCUT2D eigenvalue weighted by Gasteiger charge is -2.05. The maximum Gasteiger partial charge on any atom is 0.154 e. The number of halogens is 1. The van der Waals surface area contributed by atoms with Gasteiger partial charge in [0, 0.05) is 21.2 Å². The largest absolute Gasteiger partial charge is 0.612 e. The van der Waals surface area contributed by atoms with Gasteiger partial charge >= 0.3 is 0 Å². The van der Waals surface area contributed by atoms with E-state index in [2.05, 4.69) is 27.6 Å². The fraction of sp³-hybridized carbons (Fsp3) is 0.100. The number of hydrogen-bond acceptors (Lipinski definition) is 2. The SMILES string of the molecule is C[S+]([O-])c1ccc2c(I)ccnc2c1. The van der Waals surface area contributed by atoms with Crippen molar-refractivity contribution in [2.24, 2.45) is 0 Å². The van der Waals surface area contributed by atoms with Gasteiger partial charge < -0.3 is 4.55 Å². The Kier molecular flexibility index (Phi) is 2.94. The minimum absolute atomic E-state index is 0.826. The van der Waals surface area contributed by atoms with Crippen molar-refractivity contribution in [3.05, 3.63) is 34.0 Å².